The Balaban J connectivity index is 1.40. The van der Waals surface area contributed by atoms with Crippen molar-refractivity contribution in [2.24, 2.45) is 5.92 Å². The summed E-state index contributed by atoms with van der Waals surface area (Å²) in [7, 11) is 0. The molecule has 1 unspecified atom stereocenters. The third-order valence-electron chi connectivity index (χ3n) is 7.24. The molecule has 0 spiro atoms. The van der Waals surface area contributed by atoms with Gasteiger partial charge in [-0.1, -0.05) is 37.6 Å². The van der Waals surface area contributed by atoms with Gasteiger partial charge >= 0.3 is 0 Å². The van der Waals surface area contributed by atoms with E-state index in [-0.39, 0.29) is 17.6 Å². The number of hydrogen-bond donors (Lipinski definition) is 2. The van der Waals surface area contributed by atoms with E-state index in [4.69, 9.17) is 9.47 Å². The second kappa shape index (κ2) is 9.67. The van der Waals surface area contributed by atoms with Crippen LogP contribution in [0.5, 0.6) is 23.0 Å². The van der Waals surface area contributed by atoms with Gasteiger partial charge in [-0.2, -0.15) is 0 Å². The van der Waals surface area contributed by atoms with E-state index in [2.05, 4.69) is 11.8 Å². The maximum atomic E-state index is 10.3. The minimum absolute atomic E-state index is 0.204. The molecule has 2 N–H and O–H groups in total. The summed E-state index contributed by atoms with van der Waals surface area (Å²) in [5, 5.41) is 20.5. The Morgan fingerprint density at radius 2 is 1.77 bits per heavy atom. The molecule has 0 saturated carbocycles. The van der Waals surface area contributed by atoms with Crippen molar-refractivity contribution in [3.05, 3.63) is 82.9 Å². The van der Waals surface area contributed by atoms with Gasteiger partial charge in [0.1, 0.15) is 35.7 Å². The van der Waals surface area contributed by atoms with Crippen molar-refractivity contribution in [2.45, 2.75) is 33.3 Å². The summed E-state index contributed by atoms with van der Waals surface area (Å²) in [6.07, 6.45) is 0.903. The number of nitrogens with zero attached hydrogens (tertiary/aromatic N) is 1. The lowest BCUT2D eigenvalue weighted by molar-refractivity contribution is 0.0806. The standard InChI is InChI=1S/C30H33NO4/c1-4-21-17-31(18-21)12-13-34-25-10-8-22(9-11-25)30-29(23-6-5-7-24(32)15-23)20(3)26-16-27(33)19(2)14-28(26)35-30/h5-11,14-16,21,30,32-33H,4,12-13,17-18H2,1-3H3. The summed E-state index contributed by atoms with van der Waals surface area (Å²) < 4.78 is 12.5. The summed E-state index contributed by atoms with van der Waals surface area (Å²) in [5.41, 5.74) is 5.50. The lowest BCUT2D eigenvalue weighted by Gasteiger charge is -2.38. The van der Waals surface area contributed by atoms with Gasteiger partial charge in [0.05, 0.1) is 0 Å². The second-order valence-electron chi connectivity index (χ2n) is 9.67. The van der Waals surface area contributed by atoms with Crippen LogP contribution in [0.25, 0.3) is 11.1 Å². The number of fused-ring (bicyclic) bond motifs is 1. The molecule has 182 valence electrons. The molecule has 0 aromatic heterocycles. The van der Waals surface area contributed by atoms with Crippen LogP contribution in [0.4, 0.5) is 0 Å². The fourth-order valence-electron chi connectivity index (χ4n) is 5.01. The third kappa shape index (κ3) is 4.73. The predicted octanol–water partition coefficient (Wildman–Crippen LogP) is 6.19. The summed E-state index contributed by atoms with van der Waals surface area (Å²) in [6, 6.07) is 19.0. The first kappa shape index (κ1) is 23.3. The number of aryl methyl sites for hydroxylation is 1. The largest absolute Gasteiger partial charge is 0.508 e. The molecule has 0 amide bonds. The van der Waals surface area contributed by atoms with Gasteiger partial charge in [-0.25, -0.2) is 0 Å². The number of phenolic OH excluding ortho intramolecular Hbond substituents is 2. The van der Waals surface area contributed by atoms with E-state index in [9.17, 15) is 10.2 Å². The van der Waals surface area contributed by atoms with Crippen LogP contribution in [0.2, 0.25) is 0 Å². The van der Waals surface area contributed by atoms with Crippen molar-refractivity contribution in [3.8, 4) is 23.0 Å². The fourth-order valence-corrected chi connectivity index (χ4v) is 5.01. The van der Waals surface area contributed by atoms with Crippen LogP contribution in [-0.4, -0.2) is 41.4 Å². The van der Waals surface area contributed by atoms with Gasteiger partial charge in [0.15, 0.2) is 0 Å². The Kier molecular flexibility index (Phi) is 6.44. The van der Waals surface area contributed by atoms with Crippen LogP contribution >= 0.6 is 0 Å². The Labute approximate surface area is 207 Å². The number of allylic oxidation sites excluding steroid dienone is 1. The van der Waals surface area contributed by atoms with Crippen molar-refractivity contribution in [3.63, 3.8) is 0 Å². The quantitative estimate of drug-likeness (QED) is 0.430. The van der Waals surface area contributed by atoms with E-state index < -0.39 is 0 Å². The Bertz CT molecular complexity index is 1240. The number of rotatable bonds is 7. The molecule has 5 heteroatoms. The summed E-state index contributed by atoms with van der Waals surface area (Å²) >= 11 is 0. The zero-order valence-electron chi connectivity index (χ0n) is 20.6. The van der Waals surface area contributed by atoms with E-state index in [1.165, 1.54) is 19.5 Å². The van der Waals surface area contributed by atoms with E-state index >= 15 is 0 Å². The number of benzene rings is 3. The Morgan fingerprint density at radius 3 is 2.49 bits per heavy atom. The summed E-state index contributed by atoms with van der Waals surface area (Å²) in [4.78, 5) is 2.44. The third-order valence-corrected chi connectivity index (χ3v) is 7.24. The first-order valence-corrected chi connectivity index (χ1v) is 12.4. The second-order valence-corrected chi connectivity index (χ2v) is 9.67. The number of ether oxygens (including phenoxy) is 2. The number of likely N-dealkylation sites (tertiary alicyclic amines) is 1. The van der Waals surface area contributed by atoms with Gasteiger partial charge in [0.25, 0.3) is 0 Å². The molecule has 3 aromatic rings. The van der Waals surface area contributed by atoms with E-state index in [0.717, 1.165) is 57.4 Å². The van der Waals surface area contributed by atoms with E-state index in [1.54, 1.807) is 18.2 Å². The molecule has 2 aliphatic rings. The molecule has 0 aliphatic carbocycles. The highest BCUT2D eigenvalue weighted by atomic mass is 16.5. The molecule has 35 heavy (non-hydrogen) atoms. The predicted molar refractivity (Wildman–Crippen MR) is 139 cm³/mol. The van der Waals surface area contributed by atoms with Gasteiger partial charge < -0.3 is 19.7 Å². The van der Waals surface area contributed by atoms with Crippen LogP contribution in [0.1, 0.15) is 48.6 Å². The van der Waals surface area contributed by atoms with Crippen molar-refractivity contribution >= 4 is 11.1 Å². The molecular formula is C30H33NO4. The van der Waals surface area contributed by atoms with Crippen LogP contribution in [0.15, 0.2) is 60.7 Å². The zero-order valence-corrected chi connectivity index (χ0v) is 20.6. The molecule has 0 radical (unpaired) electrons. The van der Waals surface area contributed by atoms with Crippen LogP contribution < -0.4 is 9.47 Å². The fraction of sp³-hybridized carbons (Fsp3) is 0.333. The molecule has 1 fully saturated rings. The number of aromatic hydroxyl groups is 2. The molecule has 5 rings (SSSR count). The highest BCUT2D eigenvalue weighted by Crippen LogP contribution is 2.48. The van der Waals surface area contributed by atoms with Crippen LogP contribution in [0, 0.1) is 12.8 Å². The highest BCUT2D eigenvalue weighted by molar-refractivity contribution is 5.96. The van der Waals surface area contributed by atoms with Gasteiger partial charge in [0, 0.05) is 30.8 Å². The number of hydrogen-bond acceptors (Lipinski definition) is 5. The summed E-state index contributed by atoms with van der Waals surface area (Å²) in [6.45, 7) is 10.2. The molecular weight excluding hydrogens is 438 g/mol. The average molecular weight is 472 g/mol. The molecule has 1 saturated heterocycles. The summed E-state index contributed by atoms with van der Waals surface area (Å²) in [5.74, 6) is 2.88. The minimum Gasteiger partial charge on any atom is -0.508 e. The first-order valence-electron chi connectivity index (χ1n) is 12.4. The minimum atomic E-state index is -0.352. The van der Waals surface area contributed by atoms with Gasteiger partial charge in [-0.15, -0.1) is 0 Å². The van der Waals surface area contributed by atoms with E-state index in [1.807, 2.05) is 56.3 Å². The maximum absolute atomic E-state index is 10.3. The van der Waals surface area contributed by atoms with Crippen molar-refractivity contribution < 1.29 is 19.7 Å². The smallest absolute Gasteiger partial charge is 0.150 e. The van der Waals surface area contributed by atoms with Crippen molar-refractivity contribution in [2.75, 3.05) is 26.2 Å². The molecule has 0 bridgehead atoms. The average Bonchev–Trinajstić information content (AvgIpc) is 2.82. The highest BCUT2D eigenvalue weighted by Gasteiger charge is 2.30. The Hall–Kier alpha value is -3.44. The lowest BCUT2D eigenvalue weighted by atomic mass is 9.85. The topological polar surface area (TPSA) is 62.2 Å². The van der Waals surface area contributed by atoms with Crippen molar-refractivity contribution in [1.29, 1.82) is 0 Å². The molecule has 3 aromatic carbocycles. The lowest BCUT2D eigenvalue weighted by Crippen LogP contribution is -2.47. The van der Waals surface area contributed by atoms with Crippen molar-refractivity contribution in [1.82, 2.24) is 4.90 Å². The maximum Gasteiger partial charge on any atom is 0.150 e. The van der Waals surface area contributed by atoms with Gasteiger partial charge in [0.2, 0.25) is 0 Å². The van der Waals surface area contributed by atoms with Gasteiger partial charge in [-0.05, 0) is 78.4 Å². The number of phenols is 2. The molecule has 5 nitrogen and oxygen atoms in total. The van der Waals surface area contributed by atoms with Crippen LogP contribution in [0.3, 0.4) is 0 Å². The van der Waals surface area contributed by atoms with Gasteiger partial charge in [-0.3, -0.25) is 4.90 Å². The van der Waals surface area contributed by atoms with E-state index in [0.29, 0.717) is 6.61 Å². The molecule has 1 atom stereocenters. The zero-order chi connectivity index (χ0) is 24.5. The monoisotopic (exact) mass is 471 g/mol. The normalized spacial score (nSPS) is 18.1. The molecule has 2 aliphatic heterocycles. The van der Waals surface area contributed by atoms with Crippen LogP contribution in [-0.2, 0) is 0 Å². The molecule has 2 heterocycles. The SMILES string of the molecule is CCC1CN(CCOc2ccc(C3Oc4cc(C)c(O)cc4C(C)=C3c3cccc(O)c3)cc2)C1. The first-order chi connectivity index (χ1) is 16.9. The Morgan fingerprint density at radius 1 is 1.00 bits per heavy atom.